The Kier molecular flexibility index (Phi) is 4.02. The Hall–Kier alpha value is -1.06. The summed E-state index contributed by atoms with van der Waals surface area (Å²) in [7, 11) is 0. The molecule has 0 radical (unpaired) electrons. The molecule has 2 aromatic rings. The monoisotopic (exact) mass is 266 g/mol. The number of nitrogens with two attached hydrogens (primary N) is 1. The van der Waals surface area contributed by atoms with Crippen LogP contribution in [0.2, 0.25) is 10.0 Å². The highest BCUT2D eigenvalue weighted by atomic mass is 35.5. The van der Waals surface area contributed by atoms with E-state index >= 15 is 0 Å². The maximum absolute atomic E-state index is 6.17. The van der Waals surface area contributed by atoms with Gasteiger partial charge >= 0.3 is 0 Å². The third-order valence-electron chi connectivity index (χ3n) is 2.57. The second-order valence-corrected chi connectivity index (χ2v) is 4.52. The average Bonchev–Trinajstić information content (AvgIpc) is 2.34. The number of nitrogens with one attached hydrogen (secondary N) is 1. The summed E-state index contributed by atoms with van der Waals surface area (Å²) >= 11 is 12.0. The maximum Gasteiger partial charge on any atom is 0.0724 e. The highest BCUT2D eigenvalue weighted by molar-refractivity contribution is 6.35. The van der Waals surface area contributed by atoms with Crippen molar-refractivity contribution < 1.29 is 0 Å². The van der Waals surface area contributed by atoms with Gasteiger partial charge in [0.1, 0.15) is 0 Å². The molecule has 17 heavy (non-hydrogen) atoms. The lowest BCUT2D eigenvalue weighted by molar-refractivity contribution is 0.637. The summed E-state index contributed by atoms with van der Waals surface area (Å²) in [6.07, 6.45) is 0. The molecular formula is C13H12Cl2N2. The Labute approximate surface area is 110 Å². The van der Waals surface area contributed by atoms with Crippen LogP contribution in [-0.2, 0) is 0 Å². The molecule has 2 rings (SSSR count). The van der Waals surface area contributed by atoms with Gasteiger partial charge < -0.3 is 0 Å². The van der Waals surface area contributed by atoms with Crippen LogP contribution >= 0.6 is 23.2 Å². The largest absolute Gasteiger partial charge is 0.271 e. The molecule has 0 bridgehead atoms. The molecule has 0 aromatic heterocycles. The molecule has 0 aliphatic heterocycles. The molecule has 0 amide bonds. The van der Waals surface area contributed by atoms with Crippen LogP contribution in [0.1, 0.15) is 17.2 Å². The van der Waals surface area contributed by atoms with Gasteiger partial charge in [-0.3, -0.25) is 5.84 Å². The molecule has 0 spiro atoms. The van der Waals surface area contributed by atoms with E-state index in [0.717, 1.165) is 11.1 Å². The Morgan fingerprint density at radius 3 is 2.29 bits per heavy atom. The van der Waals surface area contributed by atoms with Crippen LogP contribution in [0.15, 0.2) is 48.5 Å². The fraction of sp³-hybridized carbons (Fsp3) is 0.0769. The van der Waals surface area contributed by atoms with Crippen LogP contribution in [0.4, 0.5) is 0 Å². The molecular weight excluding hydrogens is 255 g/mol. The third-order valence-corrected chi connectivity index (χ3v) is 3.14. The van der Waals surface area contributed by atoms with Crippen molar-refractivity contribution in [2.45, 2.75) is 6.04 Å². The van der Waals surface area contributed by atoms with Crippen LogP contribution in [0.5, 0.6) is 0 Å². The van der Waals surface area contributed by atoms with Gasteiger partial charge in [0.25, 0.3) is 0 Å². The Bertz CT molecular complexity index is 500. The van der Waals surface area contributed by atoms with Crippen molar-refractivity contribution in [2.75, 3.05) is 0 Å². The summed E-state index contributed by atoms with van der Waals surface area (Å²) in [5.74, 6) is 5.60. The minimum atomic E-state index is -0.138. The maximum atomic E-state index is 6.17. The SMILES string of the molecule is NN[C@H](c1ccccc1)c1ccc(Cl)cc1Cl. The van der Waals surface area contributed by atoms with E-state index in [2.05, 4.69) is 5.43 Å². The number of rotatable bonds is 3. The van der Waals surface area contributed by atoms with Crippen LogP contribution in [-0.4, -0.2) is 0 Å². The molecule has 0 saturated carbocycles. The zero-order chi connectivity index (χ0) is 12.3. The van der Waals surface area contributed by atoms with Gasteiger partial charge in [-0.2, -0.15) is 0 Å². The lowest BCUT2D eigenvalue weighted by Gasteiger charge is -2.18. The molecule has 0 aliphatic carbocycles. The van der Waals surface area contributed by atoms with Gasteiger partial charge in [0.05, 0.1) is 6.04 Å². The quantitative estimate of drug-likeness (QED) is 0.659. The summed E-state index contributed by atoms with van der Waals surface area (Å²) in [4.78, 5) is 0. The molecule has 2 aromatic carbocycles. The highest BCUT2D eigenvalue weighted by Crippen LogP contribution is 2.29. The Morgan fingerprint density at radius 2 is 1.71 bits per heavy atom. The molecule has 3 N–H and O–H groups in total. The standard InChI is InChI=1S/C13H12Cl2N2/c14-10-6-7-11(12(15)8-10)13(17-16)9-4-2-1-3-5-9/h1-8,13,17H,16H2/t13-/m1/s1. The number of hydrazine groups is 1. The van der Waals surface area contributed by atoms with E-state index < -0.39 is 0 Å². The van der Waals surface area contributed by atoms with Gasteiger partial charge in [-0.1, -0.05) is 59.6 Å². The van der Waals surface area contributed by atoms with E-state index in [4.69, 9.17) is 29.0 Å². The van der Waals surface area contributed by atoms with Gasteiger partial charge in [0, 0.05) is 10.0 Å². The zero-order valence-electron chi connectivity index (χ0n) is 9.03. The zero-order valence-corrected chi connectivity index (χ0v) is 10.5. The normalized spacial score (nSPS) is 12.4. The van der Waals surface area contributed by atoms with Crippen molar-refractivity contribution in [1.82, 2.24) is 5.43 Å². The molecule has 0 fully saturated rings. The molecule has 1 atom stereocenters. The number of benzene rings is 2. The van der Waals surface area contributed by atoms with E-state index in [1.54, 1.807) is 12.1 Å². The third kappa shape index (κ3) is 2.79. The predicted octanol–water partition coefficient (Wildman–Crippen LogP) is 3.55. The first-order chi connectivity index (χ1) is 8.22. The highest BCUT2D eigenvalue weighted by Gasteiger charge is 2.15. The van der Waals surface area contributed by atoms with Crippen molar-refractivity contribution in [3.63, 3.8) is 0 Å². The Morgan fingerprint density at radius 1 is 1.00 bits per heavy atom. The Balaban J connectivity index is 2.42. The number of hydrogen-bond acceptors (Lipinski definition) is 2. The van der Waals surface area contributed by atoms with E-state index in [1.807, 2.05) is 36.4 Å². The summed E-state index contributed by atoms with van der Waals surface area (Å²) in [6.45, 7) is 0. The van der Waals surface area contributed by atoms with Gasteiger partial charge in [0.15, 0.2) is 0 Å². The number of hydrogen-bond donors (Lipinski definition) is 2. The summed E-state index contributed by atoms with van der Waals surface area (Å²) < 4.78 is 0. The first-order valence-corrected chi connectivity index (χ1v) is 5.94. The lowest BCUT2D eigenvalue weighted by atomic mass is 9.99. The molecule has 0 unspecified atom stereocenters. The van der Waals surface area contributed by atoms with Crippen molar-refractivity contribution >= 4 is 23.2 Å². The molecule has 2 nitrogen and oxygen atoms in total. The topological polar surface area (TPSA) is 38.0 Å². The van der Waals surface area contributed by atoms with Crippen LogP contribution in [0.3, 0.4) is 0 Å². The summed E-state index contributed by atoms with van der Waals surface area (Å²) in [5.41, 5.74) is 4.73. The first kappa shape index (κ1) is 12.4. The average molecular weight is 267 g/mol. The van der Waals surface area contributed by atoms with E-state index in [1.165, 1.54) is 0 Å². The second kappa shape index (κ2) is 5.52. The summed E-state index contributed by atoms with van der Waals surface area (Å²) in [6, 6.07) is 15.1. The molecule has 0 aliphatic rings. The number of halogens is 2. The van der Waals surface area contributed by atoms with Crippen molar-refractivity contribution in [2.24, 2.45) is 5.84 Å². The molecule has 0 heterocycles. The van der Waals surface area contributed by atoms with Gasteiger partial charge in [-0.15, -0.1) is 0 Å². The van der Waals surface area contributed by atoms with Gasteiger partial charge in [0.2, 0.25) is 0 Å². The van der Waals surface area contributed by atoms with E-state index in [9.17, 15) is 0 Å². The first-order valence-electron chi connectivity index (χ1n) is 5.18. The predicted molar refractivity (Wildman–Crippen MR) is 72.1 cm³/mol. The molecule has 0 saturated heterocycles. The fourth-order valence-electron chi connectivity index (χ4n) is 1.75. The van der Waals surface area contributed by atoms with Crippen LogP contribution < -0.4 is 11.3 Å². The summed E-state index contributed by atoms with van der Waals surface area (Å²) in [5, 5.41) is 1.21. The van der Waals surface area contributed by atoms with Gasteiger partial charge in [-0.25, -0.2) is 5.43 Å². The van der Waals surface area contributed by atoms with Gasteiger partial charge in [-0.05, 0) is 23.3 Å². The van der Waals surface area contributed by atoms with Crippen molar-refractivity contribution in [3.05, 3.63) is 69.7 Å². The van der Waals surface area contributed by atoms with Crippen molar-refractivity contribution in [3.8, 4) is 0 Å². The van der Waals surface area contributed by atoms with E-state index in [0.29, 0.717) is 10.0 Å². The van der Waals surface area contributed by atoms with Crippen LogP contribution in [0, 0.1) is 0 Å². The molecule has 88 valence electrons. The van der Waals surface area contributed by atoms with Crippen molar-refractivity contribution in [1.29, 1.82) is 0 Å². The molecule has 4 heteroatoms. The second-order valence-electron chi connectivity index (χ2n) is 3.68. The minimum Gasteiger partial charge on any atom is -0.271 e. The minimum absolute atomic E-state index is 0.138. The van der Waals surface area contributed by atoms with Crippen LogP contribution in [0.25, 0.3) is 0 Å². The van der Waals surface area contributed by atoms with E-state index in [-0.39, 0.29) is 6.04 Å². The lowest BCUT2D eigenvalue weighted by Crippen LogP contribution is -2.29. The fourth-order valence-corrected chi connectivity index (χ4v) is 2.26. The smallest absolute Gasteiger partial charge is 0.0724 e.